The summed E-state index contributed by atoms with van der Waals surface area (Å²) < 4.78 is 6.99. The molecule has 2 aromatic heterocycles. The summed E-state index contributed by atoms with van der Waals surface area (Å²) >= 11 is 0. The van der Waals surface area contributed by atoms with E-state index in [2.05, 4.69) is 10.3 Å². The van der Waals surface area contributed by atoms with Crippen LogP contribution in [0.4, 0.5) is 0 Å². The number of benzene rings is 1. The van der Waals surface area contributed by atoms with Gasteiger partial charge in [0.25, 0.3) is 5.91 Å². The van der Waals surface area contributed by atoms with Gasteiger partial charge in [0.1, 0.15) is 17.5 Å². The SMILES string of the molecule is COc1ccc2cc(C(=O)NC[C@H](O)c3cccn3C)[nH]c2c1. The van der Waals surface area contributed by atoms with Gasteiger partial charge in [0.05, 0.1) is 7.11 Å². The fraction of sp³-hybridized carbons (Fsp3) is 0.235. The second kappa shape index (κ2) is 6.18. The van der Waals surface area contributed by atoms with Crippen LogP contribution >= 0.6 is 0 Å². The number of aromatic amines is 1. The van der Waals surface area contributed by atoms with E-state index < -0.39 is 6.10 Å². The molecule has 0 bridgehead atoms. The largest absolute Gasteiger partial charge is 0.497 e. The molecule has 6 nitrogen and oxygen atoms in total. The summed E-state index contributed by atoms with van der Waals surface area (Å²) in [6.45, 7) is 0.148. The number of aliphatic hydroxyl groups excluding tert-OH is 1. The van der Waals surface area contributed by atoms with Gasteiger partial charge in [-0.25, -0.2) is 0 Å². The summed E-state index contributed by atoms with van der Waals surface area (Å²) in [4.78, 5) is 15.3. The van der Waals surface area contributed by atoms with Crippen LogP contribution in [-0.2, 0) is 7.05 Å². The van der Waals surface area contributed by atoms with Crippen molar-refractivity contribution in [3.63, 3.8) is 0 Å². The van der Waals surface area contributed by atoms with Crippen LogP contribution in [0.3, 0.4) is 0 Å². The maximum absolute atomic E-state index is 12.2. The van der Waals surface area contributed by atoms with Gasteiger partial charge in [0.2, 0.25) is 0 Å². The summed E-state index contributed by atoms with van der Waals surface area (Å²) in [7, 11) is 3.45. The Labute approximate surface area is 133 Å². The third-order valence-corrected chi connectivity index (χ3v) is 3.86. The van der Waals surface area contributed by atoms with E-state index >= 15 is 0 Å². The lowest BCUT2D eigenvalue weighted by atomic mass is 10.2. The monoisotopic (exact) mass is 313 g/mol. The lowest BCUT2D eigenvalue weighted by molar-refractivity contribution is 0.0908. The number of hydrogen-bond acceptors (Lipinski definition) is 3. The first-order valence-electron chi connectivity index (χ1n) is 7.32. The highest BCUT2D eigenvalue weighted by Crippen LogP contribution is 2.21. The standard InChI is InChI=1S/C17H19N3O3/c1-20-7-3-4-15(20)16(21)10-18-17(22)14-8-11-5-6-12(23-2)9-13(11)19-14/h3-9,16,19,21H,10H2,1-2H3,(H,18,22)/t16-/m0/s1. The zero-order chi connectivity index (χ0) is 16.4. The Balaban J connectivity index is 1.69. The zero-order valence-corrected chi connectivity index (χ0v) is 13.0. The molecule has 0 radical (unpaired) electrons. The molecule has 2 heterocycles. The molecule has 0 saturated heterocycles. The molecule has 1 aromatic carbocycles. The molecule has 3 N–H and O–H groups in total. The number of amides is 1. The lowest BCUT2D eigenvalue weighted by Gasteiger charge is -2.12. The van der Waals surface area contributed by atoms with Gasteiger partial charge in [-0.2, -0.15) is 0 Å². The van der Waals surface area contributed by atoms with E-state index in [1.54, 1.807) is 13.2 Å². The van der Waals surface area contributed by atoms with Gasteiger partial charge in [0, 0.05) is 42.5 Å². The van der Waals surface area contributed by atoms with Crippen LogP contribution in [0.25, 0.3) is 10.9 Å². The van der Waals surface area contributed by atoms with Crippen molar-refractivity contribution < 1.29 is 14.6 Å². The average molecular weight is 313 g/mol. The van der Waals surface area contributed by atoms with Crippen molar-refractivity contribution in [3.8, 4) is 5.75 Å². The molecular formula is C17H19N3O3. The minimum absolute atomic E-state index is 0.148. The summed E-state index contributed by atoms with van der Waals surface area (Å²) in [6.07, 6.45) is 1.11. The van der Waals surface area contributed by atoms with Gasteiger partial charge in [-0.1, -0.05) is 0 Å². The molecule has 3 rings (SSSR count). The van der Waals surface area contributed by atoms with Crippen molar-refractivity contribution in [2.75, 3.05) is 13.7 Å². The van der Waals surface area contributed by atoms with Crippen molar-refractivity contribution in [1.29, 1.82) is 0 Å². The summed E-state index contributed by atoms with van der Waals surface area (Å²) in [5.74, 6) is 0.471. The number of hydrogen-bond donors (Lipinski definition) is 3. The minimum Gasteiger partial charge on any atom is -0.497 e. The Morgan fingerprint density at radius 3 is 2.91 bits per heavy atom. The number of carbonyl (C=O) groups excluding carboxylic acids is 1. The number of nitrogens with zero attached hydrogens (tertiary/aromatic N) is 1. The maximum atomic E-state index is 12.2. The van der Waals surface area contributed by atoms with Crippen molar-refractivity contribution in [2.45, 2.75) is 6.10 Å². The number of ether oxygens (including phenoxy) is 1. The van der Waals surface area contributed by atoms with Gasteiger partial charge >= 0.3 is 0 Å². The molecule has 1 atom stereocenters. The summed E-state index contributed by atoms with van der Waals surface area (Å²) in [5.41, 5.74) is 2.04. The second-order valence-corrected chi connectivity index (χ2v) is 5.41. The average Bonchev–Trinajstić information content (AvgIpc) is 3.17. The number of aliphatic hydroxyl groups is 1. The van der Waals surface area contributed by atoms with Gasteiger partial charge in [-0.05, 0) is 30.3 Å². The number of carbonyl (C=O) groups is 1. The Morgan fingerprint density at radius 2 is 2.22 bits per heavy atom. The number of aromatic nitrogens is 2. The topological polar surface area (TPSA) is 79.3 Å². The number of rotatable bonds is 5. The molecule has 0 aliphatic heterocycles. The van der Waals surface area contributed by atoms with E-state index in [4.69, 9.17) is 4.74 Å². The molecular weight excluding hydrogens is 294 g/mol. The Hall–Kier alpha value is -2.73. The van der Waals surface area contributed by atoms with Gasteiger partial charge < -0.3 is 24.7 Å². The molecule has 0 aliphatic rings. The molecule has 0 saturated carbocycles. The van der Waals surface area contributed by atoms with Crippen LogP contribution in [0, 0.1) is 0 Å². The molecule has 6 heteroatoms. The minimum atomic E-state index is -0.747. The first-order chi connectivity index (χ1) is 11.1. The normalized spacial score (nSPS) is 12.3. The Morgan fingerprint density at radius 1 is 1.39 bits per heavy atom. The first kappa shape index (κ1) is 15.2. The van der Waals surface area contributed by atoms with Crippen LogP contribution in [0.2, 0.25) is 0 Å². The van der Waals surface area contributed by atoms with Crippen LogP contribution in [0.5, 0.6) is 5.75 Å². The molecule has 0 spiro atoms. The van der Waals surface area contributed by atoms with Crippen LogP contribution in [0.1, 0.15) is 22.3 Å². The second-order valence-electron chi connectivity index (χ2n) is 5.41. The number of nitrogens with one attached hydrogen (secondary N) is 2. The van der Waals surface area contributed by atoms with E-state index in [0.29, 0.717) is 5.69 Å². The zero-order valence-electron chi connectivity index (χ0n) is 13.0. The highest BCUT2D eigenvalue weighted by Gasteiger charge is 2.14. The highest BCUT2D eigenvalue weighted by molar-refractivity contribution is 5.98. The van der Waals surface area contributed by atoms with E-state index in [1.165, 1.54) is 0 Å². The fourth-order valence-corrected chi connectivity index (χ4v) is 2.57. The van der Waals surface area contributed by atoms with Crippen molar-refractivity contribution in [2.24, 2.45) is 7.05 Å². The molecule has 0 fully saturated rings. The Bertz CT molecular complexity index is 835. The summed E-state index contributed by atoms with van der Waals surface area (Å²) in [6, 6.07) is 11.0. The van der Waals surface area contributed by atoms with Gasteiger partial charge in [-0.15, -0.1) is 0 Å². The van der Waals surface area contributed by atoms with Crippen molar-refractivity contribution in [1.82, 2.24) is 14.9 Å². The molecule has 0 unspecified atom stereocenters. The van der Waals surface area contributed by atoms with E-state index in [-0.39, 0.29) is 12.5 Å². The number of methoxy groups -OCH3 is 1. The quantitative estimate of drug-likeness (QED) is 0.674. The fourth-order valence-electron chi connectivity index (χ4n) is 2.57. The third kappa shape index (κ3) is 3.07. The van der Waals surface area contributed by atoms with Crippen LogP contribution < -0.4 is 10.1 Å². The van der Waals surface area contributed by atoms with Gasteiger partial charge in [0.15, 0.2) is 0 Å². The molecule has 1 amide bonds. The lowest BCUT2D eigenvalue weighted by Crippen LogP contribution is -2.29. The van der Waals surface area contributed by atoms with Crippen LogP contribution in [0.15, 0.2) is 42.6 Å². The maximum Gasteiger partial charge on any atom is 0.267 e. The third-order valence-electron chi connectivity index (χ3n) is 3.86. The number of H-pyrrole nitrogens is 1. The Kier molecular flexibility index (Phi) is 4.08. The smallest absolute Gasteiger partial charge is 0.267 e. The number of fused-ring (bicyclic) bond motifs is 1. The predicted octanol–water partition coefficient (Wildman–Crippen LogP) is 1.98. The van der Waals surface area contributed by atoms with Crippen molar-refractivity contribution in [3.05, 3.63) is 54.0 Å². The molecule has 120 valence electrons. The summed E-state index contributed by atoms with van der Waals surface area (Å²) in [5, 5.41) is 13.8. The first-order valence-corrected chi connectivity index (χ1v) is 7.32. The van der Waals surface area contributed by atoms with E-state index in [1.807, 2.05) is 48.1 Å². The molecule has 3 aromatic rings. The predicted molar refractivity (Wildman–Crippen MR) is 87.6 cm³/mol. The van der Waals surface area contributed by atoms with Gasteiger partial charge in [-0.3, -0.25) is 4.79 Å². The number of aryl methyl sites for hydroxylation is 1. The highest BCUT2D eigenvalue weighted by atomic mass is 16.5. The van der Waals surface area contributed by atoms with Crippen LogP contribution in [-0.4, -0.2) is 34.2 Å². The van der Waals surface area contributed by atoms with E-state index in [0.717, 1.165) is 22.3 Å². The molecule has 23 heavy (non-hydrogen) atoms. The van der Waals surface area contributed by atoms with Crippen molar-refractivity contribution >= 4 is 16.8 Å². The molecule has 0 aliphatic carbocycles. The van der Waals surface area contributed by atoms with E-state index in [9.17, 15) is 9.90 Å².